The molecule has 0 spiro atoms. The number of aliphatic hydroxyl groups excluding tert-OH is 10. The zero-order valence-corrected chi connectivity index (χ0v) is 43.4. The molecular weight excluding hydrogens is 1020 g/mol. The number of unbranched alkanes of at least 4 members (excludes halogenated alkanes) is 2. The summed E-state index contributed by atoms with van der Waals surface area (Å²) in [5.41, 5.74) is 20.8. The SMILES string of the molecule is C[C@H](N)C(=O)N[C@@H](C)C(=O)N[C@@H](CCCCN(C[C@H](O)[C@@H](O)[C@H](O)[C@H](O)CO)C[C@H](O)[C@@H](O)[C@H](O)[C@H](O)CO)C(=O)NCCCc1ccc(-c2ccc(CCCCNC(=N)NC(=O)c3nc(Cl)c(N)nc3N)cc2)cc1. The van der Waals surface area contributed by atoms with Crippen molar-refractivity contribution in [3.63, 3.8) is 0 Å². The normalized spacial score (nSPS) is 15.9. The number of nitrogens with zero attached hydrogens (tertiary/aromatic N) is 3. The molecule has 3 rings (SSSR count). The van der Waals surface area contributed by atoms with E-state index in [-0.39, 0.29) is 60.8 Å². The van der Waals surface area contributed by atoms with Gasteiger partial charge in [0.15, 0.2) is 28.4 Å². The number of nitrogen functional groups attached to an aromatic ring is 2. The van der Waals surface area contributed by atoms with Crippen LogP contribution in [-0.4, -0.2) is 208 Å². The van der Waals surface area contributed by atoms with Crippen LogP contribution >= 0.6 is 11.6 Å². The van der Waals surface area contributed by atoms with E-state index in [0.29, 0.717) is 19.4 Å². The van der Waals surface area contributed by atoms with Crippen LogP contribution in [0.15, 0.2) is 48.5 Å². The number of guanidine groups is 1. The molecule has 76 heavy (non-hydrogen) atoms. The minimum atomic E-state index is -1.97. The molecule has 4 amide bonds. The lowest BCUT2D eigenvalue weighted by atomic mass is 9.99. The molecular formula is C49H77ClN12O14. The highest BCUT2D eigenvalue weighted by molar-refractivity contribution is 6.31. The van der Waals surface area contributed by atoms with Gasteiger partial charge in [0.05, 0.1) is 31.5 Å². The van der Waals surface area contributed by atoms with Crippen LogP contribution in [0.3, 0.4) is 0 Å². The molecule has 0 fully saturated rings. The van der Waals surface area contributed by atoms with Crippen molar-refractivity contribution in [2.45, 2.75) is 132 Å². The van der Waals surface area contributed by atoms with Gasteiger partial charge >= 0.3 is 0 Å². The number of rotatable bonds is 33. The number of carbonyl (C=O) groups excluding carboxylic acids is 4. The Bertz CT molecular complexity index is 2260. The van der Waals surface area contributed by atoms with Gasteiger partial charge in [-0.25, -0.2) is 9.97 Å². The minimum absolute atomic E-state index is 0.00428. The molecule has 0 unspecified atom stereocenters. The Hall–Kier alpha value is -5.72. The molecule has 11 atom stereocenters. The van der Waals surface area contributed by atoms with Crippen molar-refractivity contribution in [3.8, 4) is 11.1 Å². The number of nitrogens with one attached hydrogen (secondary N) is 6. The first kappa shape index (κ1) is 64.6. The third kappa shape index (κ3) is 21.4. The molecule has 0 bridgehead atoms. The first-order valence-corrected chi connectivity index (χ1v) is 25.3. The van der Waals surface area contributed by atoms with Crippen molar-refractivity contribution in [1.29, 1.82) is 5.41 Å². The van der Waals surface area contributed by atoms with E-state index in [0.717, 1.165) is 41.5 Å². The van der Waals surface area contributed by atoms with Gasteiger partial charge in [-0.3, -0.25) is 34.8 Å². The van der Waals surface area contributed by atoms with E-state index < -0.39 is 117 Å². The Kier molecular flexibility index (Phi) is 27.8. The Morgan fingerprint density at radius 3 is 1.64 bits per heavy atom. The summed E-state index contributed by atoms with van der Waals surface area (Å²) in [6, 6.07) is 13.1. The number of halogens is 1. The Morgan fingerprint density at radius 2 is 1.13 bits per heavy atom. The molecule has 2 aromatic carbocycles. The quantitative estimate of drug-likeness (QED) is 0.0157. The first-order valence-electron chi connectivity index (χ1n) is 24.9. The molecule has 0 saturated carbocycles. The van der Waals surface area contributed by atoms with Gasteiger partial charge < -0.3 is 89.5 Å². The maximum Gasteiger partial charge on any atom is 0.280 e. The maximum atomic E-state index is 13.6. The Balaban J connectivity index is 1.54. The van der Waals surface area contributed by atoms with Crippen LogP contribution in [0.4, 0.5) is 11.6 Å². The molecule has 22 N–H and O–H groups in total. The van der Waals surface area contributed by atoms with Gasteiger partial charge in [-0.2, -0.15) is 0 Å². The average molecular weight is 1090 g/mol. The molecule has 1 aromatic heterocycles. The lowest BCUT2D eigenvalue weighted by Gasteiger charge is -2.33. The molecule has 3 aromatic rings. The summed E-state index contributed by atoms with van der Waals surface area (Å²) in [7, 11) is 0. The molecule has 27 heteroatoms. The zero-order valence-electron chi connectivity index (χ0n) is 42.6. The molecule has 0 aliphatic carbocycles. The van der Waals surface area contributed by atoms with Gasteiger partial charge in [0, 0.05) is 26.2 Å². The van der Waals surface area contributed by atoms with Crippen molar-refractivity contribution in [1.82, 2.24) is 41.5 Å². The van der Waals surface area contributed by atoms with Crippen molar-refractivity contribution in [2.24, 2.45) is 5.73 Å². The standard InChI is InChI=1S/C49H77ClN12O14/c1-26(51)45(73)57-27(2)46(74)58-32(10-4-6-21-62(22-33(65)38(69)40(71)35(67)24-63)23-34(66)39(70)41(72)36(68)25-64)47(75)55-20-7-9-29-13-17-31(18-14-29)30-15-11-28(12-16-30)8-3-5-19-56-49(54)61-48(76)37-43(52)60-44(53)42(50)59-37/h11-18,26-27,32-36,38-41,63-72H,3-10,19-25,51H2,1-2H3,(H,55,75)(H,57,73)(H,58,74)(H4,52,53,60)(H3,54,56,61,76)/t26-,27-,32-,33-,34-,35+,36+,38+,39+,40+,41+/m0/s1. The topological polar surface area (TPSA) is 462 Å². The summed E-state index contributed by atoms with van der Waals surface area (Å²) in [6.45, 7) is 0.743. The summed E-state index contributed by atoms with van der Waals surface area (Å²) in [5, 5.41) is 122. The molecule has 0 radical (unpaired) electrons. The fourth-order valence-electron chi connectivity index (χ4n) is 7.64. The summed E-state index contributed by atoms with van der Waals surface area (Å²) >= 11 is 5.84. The third-order valence-electron chi connectivity index (χ3n) is 12.3. The zero-order chi connectivity index (χ0) is 56.6. The molecule has 424 valence electrons. The van der Waals surface area contributed by atoms with Gasteiger partial charge in [0.2, 0.25) is 17.7 Å². The largest absolute Gasteiger partial charge is 0.394 e. The summed E-state index contributed by atoms with van der Waals surface area (Å²) in [4.78, 5) is 60.4. The van der Waals surface area contributed by atoms with Crippen molar-refractivity contribution < 1.29 is 70.2 Å². The van der Waals surface area contributed by atoms with E-state index in [1.54, 1.807) is 0 Å². The number of aryl methyl sites for hydroxylation is 2. The van der Waals surface area contributed by atoms with Gasteiger partial charge in [-0.05, 0) is 94.0 Å². The number of anilines is 2. The van der Waals surface area contributed by atoms with E-state index in [9.17, 15) is 70.2 Å². The van der Waals surface area contributed by atoms with Gasteiger partial charge in [0.1, 0.15) is 48.7 Å². The van der Waals surface area contributed by atoms with Crippen LogP contribution in [0.25, 0.3) is 11.1 Å². The number of carbonyl (C=O) groups is 4. The number of benzene rings is 2. The monoisotopic (exact) mass is 1090 g/mol. The second kappa shape index (κ2) is 32.8. The number of amides is 4. The van der Waals surface area contributed by atoms with Crippen LogP contribution in [0.2, 0.25) is 5.15 Å². The third-order valence-corrected chi connectivity index (χ3v) is 12.6. The van der Waals surface area contributed by atoms with Gasteiger partial charge in [-0.1, -0.05) is 60.1 Å². The van der Waals surface area contributed by atoms with E-state index in [1.165, 1.54) is 18.7 Å². The minimum Gasteiger partial charge on any atom is -0.394 e. The van der Waals surface area contributed by atoms with Crippen LogP contribution in [0.5, 0.6) is 0 Å². The van der Waals surface area contributed by atoms with Crippen LogP contribution in [0.1, 0.15) is 74.0 Å². The summed E-state index contributed by atoms with van der Waals surface area (Å²) in [5.74, 6) is -3.05. The van der Waals surface area contributed by atoms with E-state index in [4.69, 9.17) is 34.2 Å². The molecule has 0 saturated heterocycles. The number of hydrogen-bond donors (Lipinski definition) is 19. The van der Waals surface area contributed by atoms with Crippen LogP contribution in [0, 0.1) is 5.41 Å². The van der Waals surface area contributed by atoms with Crippen molar-refractivity contribution in [3.05, 3.63) is 70.5 Å². The number of nitrogens with two attached hydrogens (primary N) is 3. The highest BCUT2D eigenvalue weighted by Crippen LogP contribution is 2.22. The highest BCUT2D eigenvalue weighted by Gasteiger charge is 2.35. The number of aromatic nitrogens is 2. The number of aliphatic hydroxyl groups is 10. The smallest absolute Gasteiger partial charge is 0.280 e. The summed E-state index contributed by atoms with van der Waals surface area (Å²) < 4.78 is 0. The van der Waals surface area contributed by atoms with Crippen molar-refractivity contribution in [2.75, 3.05) is 57.4 Å². The molecule has 0 aliphatic rings. The first-order chi connectivity index (χ1) is 36.0. The van der Waals surface area contributed by atoms with Crippen LogP contribution in [-0.2, 0) is 27.2 Å². The molecule has 1 heterocycles. The van der Waals surface area contributed by atoms with Crippen LogP contribution < -0.4 is 43.8 Å². The predicted octanol–water partition coefficient (Wildman–Crippen LogP) is -4.03. The fraction of sp³-hybridized carbons (Fsp3) is 0.571. The predicted molar refractivity (Wildman–Crippen MR) is 281 cm³/mol. The Morgan fingerprint density at radius 1 is 0.632 bits per heavy atom. The van der Waals surface area contributed by atoms with Gasteiger partial charge in [-0.15, -0.1) is 0 Å². The van der Waals surface area contributed by atoms with Gasteiger partial charge in [0.25, 0.3) is 5.91 Å². The van der Waals surface area contributed by atoms with E-state index >= 15 is 0 Å². The molecule has 0 aliphatic heterocycles. The lowest BCUT2D eigenvalue weighted by molar-refractivity contribution is -0.132. The maximum absolute atomic E-state index is 13.6. The lowest BCUT2D eigenvalue weighted by Crippen LogP contribution is -2.54. The van der Waals surface area contributed by atoms with E-state index in [2.05, 4.69) is 48.7 Å². The highest BCUT2D eigenvalue weighted by atomic mass is 35.5. The second-order valence-corrected chi connectivity index (χ2v) is 18.9. The summed E-state index contributed by atoms with van der Waals surface area (Å²) in [6.07, 6.45) is -11.0. The number of hydrogen-bond acceptors (Lipinski definition) is 21. The fourth-order valence-corrected chi connectivity index (χ4v) is 7.76. The average Bonchev–Trinajstić information content (AvgIpc) is 3.40. The second-order valence-electron chi connectivity index (χ2n) is 18.6. The molecule has 26 nitrogen and oxygen atoms in total. The Labute approximate surface area is 445 Å². The van der Waals surface area contributed by atoms with Crippen molar-refractivity contribution >= 4 is 52.8 Å². The van der Waals surface area contributed by atoms with E-state index in [1.807, 2.05) is 36.4 Å².